The number of hydrogen-bond acceptors (Lipinski definition) is 5. The van der Waals surface area contributed by atoms with Gasteiger partial charge in [-0.2, -0.15) is 0 Å². The molecule has 2 N–H and O–H groups in total. The molecular formula is C15H17NO5. The summed E-state index contributed by atoms with van der Waals surface area (Å²) < 4.78 is 4.76. The van der Waals surface area contributed by atoms with Crippen LogP contribution in [0.15, 0.2) is 29.8 Å². The van der Waals surface area contributed by atoms with E-state index in [1.54, 1.807) is 25.1 Å². The van der Waals surface area contributed by atoms with E-state index in [1.165, 1.54) is 13.0 Å². The highest BCUT2D eigenvalue weighted by molar-refractivity contribution is 6.21. The maximum atomic E-state index is 11.8. The lowest BCUT2D eigenvalue weighted by Gasteiger charge is -2.12. The van der Waals surface area contributed by atoms with E-state index in [0.29, 0.717) is 5.69 Å². The highest BCUT2D eigenvalue weighted by Gasteiger charge is 2.23. The van der Waals surface area contributed by atoms with Crippen LogP contribution in [0.25, 0.3) is 5.76 Å². The Kier molecular flexibility index (Phi) is 5.66. The Morgan fingerprint density at radius 3 is 2.33 bits per heavy atom. The minimum absolute atomic E-state index is 0.0796. The molecule has 1 rings (SSSR count). The van der Waals surface area contributed by atoms with Crippen molar-refractivity contribution in [3.8, 4) is 0 Å². The molecule has 0 unspecified atom stereocenters. The summed E-state index contributed by atoms with van der Waals surface area (Å²) in [4.78, 5) is 34.5. The number of nitrogens with one attached hydrogen (secondary N) is 1. The van der Waals surface area contributed by atoms with E-state index in [4.69, 9.17) is 4.74 Å². The van der Waals surface area contributed by atoms with Crippen molar-refractivity contribution in [2.24, 2.45) is 0 Å². The van der Waals surface area contributed by atoms with E-state index >= 15 is 0 Å². The molecule has 0 heterocycles. The molecule has 0 aliphatic heterocycles. The quantitative estimate of drug-likeness (QED) is 0.285. The van der Waals surface area contributed by atoms with Gasteiger partial charge in [-0.25, -0.2) is 4.79 Å². The summed E-state index contributed by atoms with van der Waals surface area (Å²) in [7, 11) is 0. The molecular weight excluding hydrogens is 274 g/mol. The van der Waals surface area contributed by atoms with Gasteiger partial charge in [-0.15, -0.1) is 0 Å². The molecule has 6 heteroatoms. The number of Topliss-reactive ketones (excluding diaryl/α,β-unsaturated/α-hetero) is 1. The Labute approximate surface area is 122 Å². The van der Waals surface area contributed by atoms with Gasteiger partial charge in [-0.05, 0) is 26.0 Å². The van der Waals surface area contributed by atoms with Crippen molar-refractivity contribution in [2.45, 2.75) is 20.8 Å². The fourth-order valence-corrected chi connectivity index (χ4v) is 1.73. The first-order valence-electron chi connectivity index (χ1n) is 6.36. The number of esters is 1. The van der Waals surface area contributed by atoms with Gasteiger partial charge in [0, 0.05) is 12.5 Å². The fraction of sp³-hybridized carbons (Fsp3) is 0.267. The lowest BCUT2D eigenvalue weighted by Crippen LogP contribution is -2.17. The number of carbonyl (C=O) groups excluding carboxylic acids is 3. The smallest absolute Gasteiger partial charge is 0.345 e. The van der Waals surface area contributed by atoms with Crippen molar-refractivity contribution in [1.29, 1.82) is 0 Å². The number of benzene rings is 1. The SMILES string of the molecule is CCOC(=O)/C(C(C)=O)=C(/O)c1ccccc1NC(C)=O. The van der Waals surface area contributed by atoms with Gasteiger partial charge in [0.15, 0.2) is 5.78 Å². The summed E-state index contributed by atoms with van der Waals surface area (Å²) in [6, 6.07) is 6.30. The van der Waals surface area contributed by atoms with Gasteiger partial charge in [0.2, 0.25) is 5.91 Å². The Bertz CT molecular complexity index is 604. The maximum absolute atomic E-state index is 11.8. The largest absolute Gasteiger partial charge is 0.506 e. The van der Waals surface area contributed by atoms with Crippen molar-refractivity contribution in [3.63, 3.8) is 0 Å². The Morgan fingerprint density at radius 1 is 1.19 bits per heavy atom. The van der Waals surface area contributed by atoms with E-state index in [0.717, 1.165) is 6.92 Å². The fourth-order valence-electron chi connectivity index (χ4n) is 1.73. The molecule has 0 saturated heterocycles. The first-order valence-corrected chi connectivity index (χ1v) is 6.36. The lowest BCUT2D eigenvalue weighted by atomic mass is 10.0. The van der Waals surface area contributed by atoms with Crippen LogP contribution in [0.1, 0.15) is 26.3 Å². The second kappa shape index (κ2) is 7.23. The molecule has 0 radical (unpaired) electrons. The summed E-state index contributed by atoms with van der Waals surface area (Å²) in [6.45, 7) is 4.15. The molecule has 112 valence electrons. The van der Waals surface area contributed by atoms with Crippen LogP contribution in [0.5, 0.6) is 0 Å². The highest BCUT2D eigenvalue weighted by atomic mass is 16.5. The van der Waals surface area contributed by atoms with Crippen LogP contribution in [0.2, 0.25) is 0 Å². The van der Waals surface area contributed by atoms with Crippen molar-refractivity contribution >= 4 is 29.1 Å². The number of hydrogen-bond donors (Lipinski definition) is 2. The molecule has 0 atom stereocenters. The zero-order chi connectivity index (χ0) is 16.0. The molecule has 0 bridgehead atoms. The Morgan fingerprint density at radius 2 is 1.81 bits per heavy atom. The van der Waals surface area contributed by atoms with Gasteiger partial charge >= 0.3 is 5.97 Å². The molecule has 0 aliphatic carbocycles. The van der Waals surface area contributed by atoms with Gasteiger partial charge in [0.1, 0.15) is 11.3 Å². The second-order valence-corrected chi connectivity index (χ2v) is 4.23. The van der Waals surface area contributed by atoms with Crippen LogP contribution in [0.3, 0.4) is 0 Å². The lowest BCUT2D eigenvalue weighted by molar-refractivity contribution is -0.139. The summed E-state index contributed by atoms with van der Waals surface area (Å²) in [6.07, 6.45) is 0. The zero-order valence-corrected chi connectivity index (χ0v) is 12.1. The number of rotatable bonds is 5. The summed E-state index contributed by atoms with van der Waals surface area (Å²) in [5.74, 6) is -2.38. The number of amides is 1. The molecule has 21 heavy (non-hydrogen) atoms. The van der Waals surface area contributed by atoms with Crippen LogP contribution < -0.4 is 5.32 Å². The summed E-state index contributed by atoms with van der Waals surface area (Å²) in [5, 5.41) is 12.8. The van der Waals surface area contributed by atoms with Crippen molar-refractivity contribution in [3.05, 3.63) is 35.4 Å². The Balaban J connectivity index is 3.40. The van der Waals surface area contributed by atoms with Crippen molar-refractivity contribution < 1.29 is 24.2 Å². The van der Waals surface area contributed by atoms with Crippen LogP contribution in [0, 0.1) is 0 Å². The predicted octanol–water partition coefficient (Wildman–Crippen LogP) is 2.07. The molecule has 0 spiro atoms. The highest BCUT2D eigenvalue weighted by Crippen LogP contribution is 2.25. The van der Waals surface area contributed by atoms with E-state index in [-0.39, 0.29) is 18.1 Å². The average Bonchev–Trinajstić information content (AvgIpc) is 2.38. The molecule has 0 aromatic heterocycles. The van der Waals surface area contributed by atoms with Gasteiger partial charge in [0.05, 0.1) is 12.3 Å². The monoisotopic (exact) mass is 291 g/mol. The average molecular weight is 291 g/mol. The van der Waals surface area contributed by atoms with Crippen LogP contribution >= 0.6 is 0 Å². The number of carbonyl (C=O) groups is 3. The minimum Gasteiger partial charge on any atom is -0.506 e. The maximum Gasteiger partial charge on any atom is 0.345 e. The Hall–Kier alpha value is -2.63. The third-order valence-electron chi connectivity index (χ3n) is 2.56. The third kappa shape index (κ3) is 4.17. The van der Waals surface area contributed by atoms with Gasteiger partial charge in [0.25, 0.3) is 0 Å². The molecule has 1 amide bonds. The molecule has 0 aliphatic rings. The number of ketones is 1. The van der Waals surface area contributed by atoms with E-state index in [2.05, 4.69) is 5.32 Å². The number of aliphatic hydroxyl groups excluding tert-OH is 1. The number of ether oxygens (including phenoxy) is 1. The normalized spacial score (nSPS) is 11.4. The molecule has 1 aromatic carbocycles. The topological polar surface area (TPSA) is 92.7 Å². The number of anilines is 1. The summed E-state index contributed by atoms with van der Waals surface area (Å²) >= 11 is 0. The van der Waals surface area contributed by atoms with E-state index in [1.807, 2.05) is 0 Å². The predicted molar refractivity (Wildman–Crippen MR) is 77.6 cm³/mol. The van der Waals surface area contributed by atoms with Crippen LogP contribution in [0.4, 0.5) is 5.69 Å². The number of para-hydroxylation sites is 1. The first kappa shape index (κ1) is 16.4. The van der Waals surface area contributed by atoms with Gasteiger partial charge < -0.3 is 15.2 Å². The first-order chi connectivity index (χ1) is 9.88. The zero-order valence-electron chi connectivity index (χ0n) is 12.1. The third-order valence-corrected chi connectivity index (χ3v) is 2.56. The standard InChI is InChI=1S/C15H17NO5/c1-4-21-15(20)13(9(2)17)14(19)11-7-5-6-8-12(11)16-10(3)18/h5-8,19H,4H2,1-3H3,(H,16,18)/b14-13+. The summed E-state index contributed by atoms with van der Waals surface area (Å²) in [5.41, 5.74) is 0.0196. The van der Waals surface area contributed by atoms with Crippen LogP contribution in [-0.2, 0) is 19.1 Å². The van der Waals surface area contributed by atoms with Gasteiger partial charge in [-0.3, -0.25) is 9.59 Å². The molecule has 1 aromatic rings. The molecule has 6 nitrogen and oxygen atoms in total. The van der Waals surface area contributed by atoms with E-state index in [9.17, 15) is 19.5 Å². The van der Waals surface area contributed by atoms with E-state index < -0.39 is 23.1 Å². The molecule has 0 fully saturated rings. The van der Waals surface area contributed by atoms with Crippen molar-refractivity contribution in [2.75, 3.05) is 11.9 Å². The van der Waals surface area contributed by atoms with Gasteiger partial charge in [-0.1, -0.05) is 12.1 Å². The van der Waals surface area contributed by atoms with Crippen molar-refractivity contribution in [1.82, 2.24) is 0 Å². The minimum atomic E-state index is -0.903. The second-order valence-electron chi connectivity index (χ2n) is 4.23. The van der Waals surface area contributed by atoms with Crippen LogP contribution in [-0.4, -0.2) is 29.4 Å². The number of aliphatic hydroxyl groups is 1. The molecule has 0 saturated carbocycles.